The number of rotatable bonds is 2. The summed E-state index contributed by atoms with van der Waals surface area (Å²) < 4.78 is 22.7. The molecule has 19 heavy (non-hydrogen) atoms. The van der Waals surface area contributed by atoms with Crippen LogP contribution in [-0.2, 0) is 11.1 Å². The van der Waals surface area contributed by atoms with Gasteiger partial charge in [-0.2, -0.15) is 9.78 Å². The molecule has 8 heteroatoms. The lowest BCUT2D eigenvalue weighted by molar-refractivity contribution is 0.197. The largest absolute Gasteiger partial charge is 0.771 e. The average molecular weight is 285 g/mol. The number of nitrogens with zero attached hydrogens (tertiary/aromatic N) is 4. The highest BCUT2D eigenvalue weighted by molar-refractivity contribution is 7.79. The van der Waals surface area contributed by atoms with Gasteiger partial charge in [0.1, 0.15) is 0 Å². The molecule has 1 aromatic rings. The summed E-state index contributed by atoms with van der Waals surface area (Å²) in [5.41, 5.74) is 0.937. The number of carbonyl (C=O) groups is 1. The van der Waals surface area contributed by atoms with E-state index in [-0.39, 0.29) is 11.9 Å². The van der Waals surface area contributed by atoms with E-state index >= 15 is 0 Å². The van der Waals surface area contributed by atoms with Crippen LogP contribution in [0.1, 0.15) is 12.0 Å². The Morgan fingerprint density at radius 1 is 1.42 bits per heavy atom. The quantitative estimate of drug-likeness (QED) is 0.715. The van der Waals surface area contributed by atoms with Gasteiger partial charge in [0.2, 0.25) is 0 Å². The molecule has 0 radical (unpaired) electrons. The number of hydrogen-bond donors (Lipinski definition) is 0. The Kier molecular flexibility index (Phi) is 4.67. The summed E-state index contributed by atoms with van der Waals surface area (Å²) in [4.78, 5) is 15.7. The molecule has 7 nitrogen and oxygen atoms in total. The van der Waals surface area contributed by atoms with Crippen LogP contribution >= 0.6 is 0 Å². The second kappa shape index (κ2) is 6.27. The Hall–Kier alpha value is -1.25. The third kappa shape index (κ3) is 3.85. The van der Waals surface area contributed by atoms with Crippen molar-refractivity contribution >= 4 is 17.1 Å². The van der Waals surface area contributed by atoms with Crippen molar-refractivity contribution in [2.75, 3.05) is 32.1 Å². The maximum Gasteiger partial charge on any atom is 0.344 e. The van der Waals surface area contributed by atoms with Gasteiger partial charge < -0.3 is 9.45 Å². The number of amides is 1. The van der Waals surface area contributed by atoms with Gasteiger partial charge in [0.05, 0.1) is 12.1 Å². The fourth-order valence-corrected chi connectivity index (χ4v) is 2.66. The standard InChI is InChI=1S/C11H18N4O3S/c1-10-7-12-15(8-10)11(16)14-4-2-3-13(5-6-14)9-19(17)18/h7-8H,2-6,9H2,1H3,(H,17,18)/p-1. The van der Waals surface area contributed by atoms with Gasteiger partial charge in [-0.3, -0.25) is 9.11 Å². The molecule has 0 N–H and O–H groups in total. The molecule has 0 bridgehead atoms. The van der Waals surface area contributed by atoms with Crippen molar-refractivity contribution in [1.82, 2.24) is 19.6 Å². The van der Waals surface area contributed by atoms with E-state index in [1.165, 1.54) is 4.68 Å². The highest BCUT2D eigenvalue weighted by Gasteiger charge is 2.20. The lowest BCUT2D eigenvalue weighted by atomic mass is 10.4. The van der Waals surface area contributed by atoms with Crippen molar-refractivity contribution in [1.29, 1.82) is 0 Å². The minimum absolute atomic E-state index is 0.0307. The van der Waals surface area contributed by atoms with Gasteiger partial charge in [0.15, 0.2) is 0 Å². The van der Waals surface area contributed by atoms with Gasteiger partial charge >= 0.3 is 6.03 Å². The topological polar surface area (TPSA) is 81.5 Å². The predicted molar refractivity (Wildman–Crippen MR) is 69.3 cm³/mol. The van der Waals surface area contributed by atoms with Crippen molar-refractivity contribution in [3.8, 4) is 0 Å². The molecule has 1 aromatic heterocycles. The average Bonchev–Trinajstić information content (AvgIpc) is 2.65. The third-order valence-corrected chi connectivity index (χ3v) is 3.63. The molecule has 1 unspecified atom stereocenters. The first-order valence-electron chi connectivity index (χ1n) is 6.15. The minimum Gasteiger partial charge on any atom is -0.771 e. The van der Waals surface area contributed by atoms with Crippen molar-refractivity contribution in [3.63, 3.8) is 0 Å². The first kappa shape index (κ1) is 14.2. The Morgan fingerprint density at radius 3 is 2.84 bits per heavy atom. The number of aromatic nitrogens is 2. The minimum atomic E-state index is -2.07. The predicted octanol–water partition coefficient (Wildman–Crippen LogP) is 0.00392. The summed E-state index contributed by atoms with van der Waals surface area (Å²) in [5.74, 6) is 0.0307. The van der Waals surface area contributed by atoms with E-state index in [0.717, 1.165) is 12.0 Å². The van der Waals surface area contributed by atoms with Gasteiger partial charge in [-0.05, 0) is 30.0 Å². The number of aryl methyl sites for hydroxylation is 1. The normalized spacial score (nSPS) is 19.2. The van der Waals surface area contributed by atoms with Gasteiger partial charge in [-0.15, -0.1) is 0 Å². The first-order chi connectivity index (χ1) is 9.06. The van der Waals surface area contributed by atoms with E-state index in [1.807, 2.05) is 11.8 Å². The summed E-state index contributed by atoms with van der Waals surface area (Å²) in [5, 5.41) is 4.00. The van der Waals surface area contributed by atoms with Crippen LogP contribution in [0.25, 0.3) is 0 Å². The molecule has 2 heterocycles. The summed E-state index contributed by atoms with van der Waals surface area (Å²) in [7, 11) is 0. The van der Waals surface area contributed by atoms with E-state index < -0.39 is 11.1 Å². The van der Waals surface area contributed by atoms with Crippen LogP contribution in [0.3, 0.4) is 0 Å². The fraction of sp³-hybridized carbons (Fsp3) is 0.636. The van der Waals surface area contributed by atoms with E-state index in [0.29, 0.717) is 26.2 Å². The highest BCUT2D eigenvalue weighted by atomic mass is 32.2. The second-order valence-electron chi connectivity index (χ2n) is 4.64. The van der Waals surface area contributed by atoms with Crippen molar-refractivity contribution in [3.05, 3.63) is 18.0 Å². The van der Waals surface area contributed by atoms with Crippen molar-refractivity contribution in [2.24, 2.45) is 0 Å². The van der Waals surface area contributed by atoms with Gasteiger partial charge in [-0.25, -0.2) is 4.79 Å². The van der Waals surface area contributed by atoms with Crippen LogP contribution in [0.2, 0.25) is 0 Å². The SMILES string of the molecule is Cc1cnn(C(=O)N2CCCN(CS(=O)[O-])CC2)c1. The molecule has 1 amide bonds. The lowest BCUT2D eigenvalue weighted by Gasteiger charge is -2.22. The molecule has 1 aliphatic heterocycles. The Labute approximate surface area is 114 Å². The van der Waals surface area contributed by atoms with E-state index in [4.69, 9.17) is 0 Å². The fourth-order valence-electron chi connectivity index (χ4n) is 2.10. The molecule has 0 aromatic carbocycles. The molecule has 0 spiro atoms. The molecule has 106 valence electrons. The zero-order chi connectivity index (χ0) is 13.8. The number of hydrogen-bond acceptors (Lipinski definition) is 5. The van der Waals surface area contributed by atoms with Gasteiger partial charge in [0.25, 0.3) is 0 Å². The molecule has 0 aliphatic carbocycles. The molecule has 1 fully saturated rings. The van der Waals surface area contributed by atoms with E-state index in [9.17, 15) is 13.6 Å². The summed E-state index contributed by atoms with van der Waals surface area (Å²) in [6.45, 7) is 4.29. The smallest absolute Gasteiger partial charge is 0.344 e. The Morgan fingerprint density at radius 2 is 2.21 bits per heavy atom. The zero-order valence-corrected chi connectivity index (χ0v) is 11.6. The van der Waals surface area contributed by atoms with Crippen LogP contribution in [0.15, 0.2) is 12.4 Å². The lowest BCUT2D eigenvalue weighted by Crippen LogP contribution is -2.38. The van der Waals surface area contributed by atoms with Crippen LogP contribution in [0, 0.1) is 6.92 Å². The molecule has 0 saturated carbocycles. The maximum atomic E-state index is 12.2. The molecule has 1 aliphatic rings. The summed E-state index contributed by atoms with van der Waals surface area (Å²) in [6, 6.07) is -0.154. The van der Waals surface area contributed by atoms with Crippen LogP contribution in [0.5, 0.6) is 0 Å². The van der Waals surface area contributed by atoms with Gasteiger partial charge in [0, 0.05) is 32.4 Å². The molecular formula is C11H17N4O3S-. The monoisotopic (exact) mass is 285 g/mol. The highest BCUT2D eigenvalue weighted by Crippen LogP contribution is 2.06. The summed E-state index contributed by atoms with van der Waals surface area (Å²) in [6.07, 6.45) is 4.10. The van der Waals surface area contributed by atoms with Crippen molar-refractivity contribution < 1.29 is 13.6 Å². The first-order valence-corrected chi connectivity index (χ1v) is 7.39. The van der Waals surface area contributed by atoms with Crippen LogP contribution in [0.4, 0.5) is 4.79 Å². The van der Waals surface area contributed by atoms with Crippen LogP contribution in [-0.4, -0.2) is 66.4 Å². The Bertz CT molecular complexity index is 476. The third-order valence-electron chi connectivity index (χ3n) is 3.05. The zero-order valence-electron chi connectivity index (χ0n) is 10.8. The van der Waals surface area contributed by atoms with E-state index in [1.54, 1.807) is 17.3 Å². The van der Waals surface area contributed by atoms with Crippen molar-refractivity contribution in [2.45, 2.75) is 13.3 Å². The Balaban J connectivity index is 1.95. The second-order valence-corrected chi connectivity index (χ2v) is 5.50. The van der Waals surface area contributed by atoms with Gasteiger partial charge in [-0.1, -0.05) is 0 Å². The number of carbonyl (C=O) groups excluding carboxylic acids is 1. The molecular weight excluding hydrogens is 268 g/mol. The molecule has 1 atom stereocenters. The van der Waals surface area contributed by atoms with E-state index in [2.05, 4.69) is 5.10 Å². The maximum absolute atomic E-state index is 12.2. The molecule has 2 rings (SSSR count). The summed E-state index contributed by atoms with van der Waals surface area (Å²) >= 11 is -2.07. The molecule has 1 saturated heterocycles. The van der Waals surface area contributed by atoms with Crippen LogP contribution < -0.4 is 0 Å².